The Labute approximate surface area is 486 Å². The third-order valence-corrected chi connectivity index (χ3v) is 12.2. The van der Waals surface area contributed by atoms with Gasteiger partial charge in [-0.1, -0.05) is 52.2 Å². The summed E-state index contributed by atoms with van der Waals surface area (Å²) in [6.07, 6.45) is 7.23. The molecule has 0 bridgehead atoms. The molecule has 13 amide bonds. The summed E-state index contributed by atoms with van der Waals surface area (Å²) in [6.45, 7) is 4.25. The summed E-state index contributed by atoms with van der Waals surface area (Å²) in [4.78, 5) is 177. The maximum Gasteiger partial charge on any atom is 0.322 e. The first-order valence-electron chi connectivity index (χ1n) is 27.4. The van der Waals surface area contributed by atoms with Crippen molar-refractivity contribution in [2.45, 2.75) is 168 Å². The third kappa shape index (κ3) is 32.7. The molecule has 0 heterocycles. The van der Waals surface area contributed by atoms with Crippen LogP contribution in [0.3, 0.4) is 0 Å². The number of hydrogen-bond donors (Lipinski definition) is 16. The number of aliphatic hydroxyl groups excluding tert-OH is 2. The molecule has 0 radical (unpaired) electrons. The molecule has 0 rings (SSSR count). The molecule has 16 N–H and O–H groups in total. The van der Waals surface area contributed by atoms with Crippen molar-refractivity contribution in [2.75, 3.05) is 52.5 Å². The molecule has 0 aromatic rings. The summed E-state index contributed by atoms with van der Waals surface area (Å²) in [5.74, 6) is -13.9. The van der Waals surface area contributed by atoms with Crippen LogP contribution < -0.4 is 53.2 Å². The van der Waals surface area contributed by atoms with E-state index in [0.717, 1.165) is 52.9 Å². The Hall–Kier alpha value is -7.88. The fourth-order valence-electron chi connectivity index (χ4n) is 7.34. The zero-order chi connectivity index (χ0) is 64.1. The minimum atomic E-state index is -1.81. The van der Waals surface area contributed by atoms with E-state index in [1.54, 1.807) is 6.08 Å². The summed E-state index contributed by atoms with van der Waals surface area (Å²) in [6, 6.07) is -10.6. The van der Waals surface area contributed by atoms with Crippen LogP contribution in [0.2, 0.25) is 0 Å². The topological polar surface area (TPSA) is 490 Å². The van der Waals surface area contributed by atoms with Crippen molar-refractivity contribution in [3.05, 3.63) is 12.2 Å². The smallest absolute Gasteiger partial charge is 0.322 e. The average Bonchev–Trinajstić information content (AvgIpc) is 3.62. The van der Waals surface area contributed by atoms with E-state index in [0.29, 0.717) is 15.2 Å². The highest BCUT2D eigenvalue weighted by molar-refractivity contribution is 5.98. The zero-order valence-corrected chi connectivity index (χ0v) is 48.7. The molecule has 7 atom stereocenters. The summed E-state index contributed by atoms with van der Waals surface area (Å²) < 4.78 is 0. The Morgan fingerprint density at radius 1 is 0.429 bits per heavy atom. The van der Waals surface area contributed by atoms with Crippen LogP contribution in [0.4, 0.5) is 0 Å². The lowest BCUT2D eigenvalue weighted by atomic mass is 10.0. The van der Waals surface area contributed by atoms with Crippen molar-refractivity contribution in [1.82, 2.24) is 68.4 Å². The number of carboxylic acid groups (broad SMARTS) is 1. The summed E-state index contributed by atoms with van der Waals surface area (Å²) in [7, 11) is 0. The fourth-order valence-corrected chi connectivity index (χ4v) is 7.34. The van der Waals surface area contributed by atoms with Crippen LogP contribution in [0, 0.1) is 5.92 Å². The second kappa shape index (κ2) is 42.0. The van der Waals surface area contributed by atoms with Crippen molar-refractivity contribution in [2.24, 2.45) is 5.92 Å². The van der Waals surface area contributed by atoms with Crippen LogP contribution in [0.25, 0.3) is 0 Å². The molecule has 0 aliphatic heterocycles. The van der Waals surface area contributed by atoms with Crippen LogP contribution in [-0.4, -0.2) is 224 Å². The minimum absolute atomic E-state index is 0.0322. The number of allylic oxidation sites excluding steroid dienone is 1. The van der Waals surface area contributed by atoms with Gasteiger partial charge >= 0.3 is 5.97 Å². The highest BCUT2D eigenvalue weighted by Gasteiger charge is 2.33. The number of hydrogen-bond acceptors (Lipinski definition) is 19. The number of nitrogens with zero attached hydrogens (tertiary/aromatic N) is 3. The van der Waals surface area contributed by atoms with E-state index in [-0.39, 0.29) is 64.6 Å². The van der Waals surface area contributed by atoms with Crippen molar-refractivity contribution in [3.8, 4) is 0 Å². The highest BCUT2D eigenvalue weighted by Crippen LogP contribution is 2.08. The van der Waals surface area contributed by atoms with E-state index in [1.165, 1.54) is 20.8 Å². The van der Waals surface area contributed by atoms with Gasteiger partial charge in [-0.3, -0.25) is 82.7 Å². The van der Waals surface area contributed by atoms with E-state index in [1.807, 2.05) is 6.08 Å². The number of carbonyl (C=O) groups excluding carboxylic acids is 13. The lowest BCUT2D eigenvalue weighted by molar-refractivity contribution is -0.163. The lowest BCUT2D eigenvalue weighted by Crippen LogP contribution is -2.60. The van der Waals surface area contributed by atoms with Gasteiger partial charge in [0.1, 0.15) is 48.8 Å². The molecule has 84 heavy (non-hydrogen) atoms. The van der Waals surface area contributed by atoms with Crippen molar-refractivity contribution in [3.63, 3.8) is 0 Å². The number of aliphatic hydroxyl groups is 2. The Bertz CT molecular complexity index is 2250. The Kier molecular flexibility index (Phi) is 38.1. The third-order valence-electron chi connectivity index (χ3n) is 12.2. The molecule has 33 heteroatoms. The second-order valence-electron chi connectivity index (χ2n) is 19.7. The maximum absolute atomic E-state index is 13.6. The van der Waals surface area contributed by atoms with Gasteiger partial charge in [0, 0.05) is 46.8 Å². The largest absolute Gasteiger partial charge is 0.480 e. The van der Waals surface area contributed by atoms with Crippen LogP contribution in [0.1, 0.15) is 126 Å². The SMILES string of the molecule is CCCCCC/C=C\CC(=O)N[C@@H](CO)C(=O)NC(CCCN(O)C(C)=O)C(=O)NCC(=O)N[C@@H](C(=O)N[C@H](CO)C(=O)NC(CCCN(O)C(C)=O)C(=O)N[C@H](C)C(=O)NCC(=O)NC(CCCN(O)C(C)=O)C(=O)NCC(=O)O)C(C)C. The normalized spacial score (nSPS) is 13.4. The standard InChI is InChI=1S/C51H87N13O20/c1-8-9-10-11-12-13-14-21-40(70)57-38(28-65)49(79)58-36(19-16-23-63(83)33(6)68)47(77)53-26-42(72)61-44(30(2)3)51(81)60-39(29-66)50(80)59-37(20-17-24-64(84)34(7)69)48(78)55-31(4)45(75)52-25-41(71)56-35(46(76)54-27-43(73)74)18-15-22-62(82)32(5)67/h13-14,30-31,35-39,44,65-66,82-84H,8-12,15-29H2,1-7H3,(H,52,75)(H,53,77)(H,54,76)(H,55,78)(H,56,71)(H,57,70)(H,58,79)(H,59,80)(H,60,81)(H,61,72)(H,73,74)/b14-13-/t31-,35?,36?,37?,38+,39-,44-/m1/s1. The molecule has 0 saturated carbocycles. The molecule has 0 spiro atoms. The lowest BCUT2D eigenvalue weighted by Gasteiger charge is -2.27. The first-order chi connectivity index (χ1) is 39.5. The Morgan fingerprint density at radius 2 is 0.821 bits per heavy atom. The predicted molar refractivity (Wildman–Crippen MR) is 293 cm³/mol. The average molecular weight is 1200 g/mol. The first kappa shape index (κ1) is 76.1. The Morgan fingerprint density at radius 3 is 1.26 bits per heavy atom. The molecular formula is C51H87N13O20. The summed E-state index contributed by atoms with van der Waals surface area (Å²) in [5, 5.41) is 82.6. The molecule has 476 valence electrons. The van der Waals surface area contributed by atoms with E-state index in [2.05, 4.69) is 60.1 Å². The van der Waals surface area contributed by atoms with Gasteiger partial charge in [0.15, 0.2) is 0 Å². The number of amides is 13. The monoisotopic (exact) mass is 1200 g/mol. The Balaban J connectivity index is 6.05. The molecule has 0 saturated heterocycles. The van der Waals surface area contributed by atoms with Gasteiger partial charge < -0.3 is 68.5 Å². The number of hydroxylamine groups is 6. The van der Waals surface area contributed by atoms with Gasteiger partial charge in [0.25, 0.3) is 0 Å². The molecule has 3 unspecified atom stereocenters. The number of unbranched alkanes of at least 4 members (excludes halogenated alkanes) is 4. The maximum atomic E-state index is 13.6. The number of nitrogens with one attached hydrogen (secondary N) is 10. The van der Waals surface area contributed by atoms with E-state index in [4.69, 9.17) is 5.11 Å². The quantitative estimate of drug-likeness (QED) is 0.0118. The highest BCUT2D eigenvalue weighted by atomic mass is 16.5. The number of aliphatic carboxylic acids is 1. The van der Waals surface area contributed by atoms with Crippen LogP contribution in [0.5, 0.6) is 0 Å². The molecule has 33 nitrogen and oxygen atoms in total. The fraction of sp³-hybridized carbons (Fsp3) is 0.686. The molecular weight excluding hydrogens is 1110 g/mol. The van der Waals surface area contributed by atoms with Gasteiger partial charge in [-0.05, 0) is 64.2 Å². The molecule has 0 aliphatic carbocycles. The van der Waals surface area contributed by atoms with Gasteiger partial charge in [0.2, 0.25) is 76.8 Å². The summed E-state index contributed by atoms with van der Waals surface area (Å²) in [5.41, 5.74) is 0. The second-order valence-corrected chi connectivity index (χ2v) is 19.7. The van der Waals surface area contributed by atoms with Crippen molar-refractivity contribution < 1.29 is 98.1 Å². The molecule has 0 aromatic heterocycles. The predicted octanol–water partition coefficient (Wildman–Crippen LogP) is -4.56. The number of carboxylic acids is 1. The summed E-state index contributed by atoms with van der Waals surface area (Å²) >= 11 is 0. The molecule has 0 aromatic carbocycles. The number of rotatable bonds is 42. The van der Waals surface area contributed by atoms with E-state index >= 15 is 0 Å². The molecule has 0 fully saturated rings. The van der Waals surface area contributed by atoms with Gasteiger partial charge in [-0.2, -0.15) is 0 Å². The minimum Gasteiger partial charge on any atom is -0.480 e. The van der Waals surface area contributed by atoms with Gasteiger partial charge in [-0.15, -0.1) is 0 Å². The number of carbonyl (C=O) groups is 14. The molecule has 0 aliphatic rings. The van der Waals surface area contributed by atoms with Crippen molar-refractivity contribution in [1.29, 1.82) is 0 Å². The van der Waals surface area contributed by atoms with E-state index < -0.39 is 164 Å². The van der Waals surface area contributed by atoms with Gasteiger partial charge in [0.05, 0.1) is 26.3 Å². The van der Waals surface area contributed by atoms with Crippen molar-refractivity contribution >= 4 is 82.8 Å². The first-order valence-corrected chi connectivity index (χ1v) is 27.4. The van der Waals surface area contributed by atoms with Crippen LogP contribution in [0.15, 0.2) is 12.2 Å². The van der Waals surface area contributed by atoms with Crippen LogP contribution in [-0.2, 0) is 67.1 Å². The van der Waals surface area contributed by atoms with E-state index in [9.17, 15) is 93.0 Å². The zero-order valence-electron chi connectivity index (χ0n) is 48.7. The van der Waals surface area contributed by atoms with Crippen LogP contribution >= 0.6 is 0 Å². The van der Waals surface area contributed by atoms with Gasteiger partial charge in [-0.25, -0.2) is 15.2 Å².